The molecule has 0 saturated carbocycles. The van der Waals surface area contributed by atoms with Gasteiger partial charge in [0.15, 0.2) is 29.5 Å². The van der Waals surface area contributed by atoms with Gasteiger partial charge in [0, 0.05) is 70.9 Å². The van der Waals surface area contributed by atoms with Gasteiger partial charge in [-0.05, 0) is 91.0 Å². The van der Waals surface area contributed by atoms with E-state index in [1.165, 1.54) is 79.7 Å². The number of amides is 1. The van der Waals surface area contributed by atoms with E-state index in [2.05, 4.69) is 41.5 Å². The van der Waals surface area contributed by atoms with Crippen LogP contribution in [0.4, 0.5) is 45.5 Å². The number of aromatic hydroxyl groups is 3. The highest BCUT2D eigenvalue weighted by Gasteiger charge is 2.17. The van der Waals surface area contributed by atoms with E-state index in [1.807, 2.05) is 24.3 Å². The molecule has 23 nitrogen and oxygen atoms in total. The number of carbonyl (C=O) groups excluding carboxylic acids is 1. The maximum atomic E-state index is 11.7. The molecule has 1 amide bonds. The minimum atomic E-state index is -3.46. The first-order valence-corrected chi connectivity index (χ1v) is 30.9. The SMILES string of the molecule is CC(=O)Nc1cc(N=Nc2ccc(S(C)(=O)=O)cc2C#N)c2ccccc2c1O.CS(=O)(=O)c1ccc(N=Nc2ccc(O)c3ccccc23)c(C#N)c1.CSOONc1cccc2c(N=Nc3ccc(S(C)(=O)=O)cc3C#N)ccc(O)c12. The van der Waals surface area contributed by atoms with Crippen LogP contribution < -0.4 is 10.8 Å². The molecule has 0 aliphatic heterocycles. The number of phenols is 3. The molecule has 0 aliphatic carbocycles. The summed E-state index contributed by atoms with van der Waals surface area (Å²) >= 11 is 1.00. The van der Waals surface area contributed by atoms with Gasteiger partial charge in [-0.25, -0.2) is 30.7 Å². The Morgan fingerprint density at radius 2 is 0.869 bits per heavy atom. The summed E-state index contributed by atoms with van der Waals surface area (Å²) in [6.45, 7) is 1.32. The molecule has 0 saturated heterocycles. The van der Waals surface area contributed by atoms with Crippen molar-refractivity contribution in [2.24, 2.45) is 30.7 Å². The summed E-state index contributed by atoms with van der Waals surface area (Å²) in [4.78, 5) is 16.3. The van der Waals surface area contributed by atoms with E-state index >= 15 is 0 Å². The summed E-state index contributed by atoms with van der Waals surface area (Å²) in [5.41, 5.74) is 5.48. The van der Waals surface area contributed by atoms with Crippen molar-refractivity contribution in [2.45, 2.75) is 21.6 Å². The molecule has 27 heteroatoms. The Kier molecular flexibility index (Phi) is 19.5. The molecule has 424 valence electrons. The number of nitrogens with zero attached hydrogens (tertiary/aromatic N) is 9. The average Bonchev–Trinajstić information content (AvgIpc) is 3.27. The Bertz CT molecular complexity index is 4660. The molecule has 0 heterocycles. The minimum Gasteiger partial charge on any atom is -0.507 e. The number of rotatable bonds is 14. The molecular weight excluding hydrogens is 1160 g/mol. The monoisotopic (exact) mass is 1200 g/mol. The molecule has 0 bridgehead atoms. The number of phenolic OH excluding ortho intramolecular Hbond substituents is 3. The highest BCUT2D eigenvalue weighted by atomic mass is 32.2. The molecule has 9 rings (SSSR count). The first-order chi connectivity index (χ1) is 39.9. The Morgan fingerprint density at radius 1 is 0.476 bits per heavy atom. The van der Waals surface area contributed by atoms with Crippen molar-refractivity contribution in [3.05, 3.63) is 168 Å². The number of sulfone groups is 3. The topological polar surface area (TPSA) is 368 Å². The van der Waals surface area contributed by atoms with E-state index in [-0.39, 0.29) is 77.3 Å². The molecule has 0 fully saturated rings. The summed E-state index contributed by atoms with van der Waals surface area (Å²) in [6.07, 6.45) is 4.87. The van der Waals surface area contributed by atoms with Gasteiger partial charge in [0.25, 0.3) is 0 Å². The van der Waals surface area contributed by atoms with Gasteiger partial charge in [0.2, 0.25) is 5.91 Å². The lowest BCUT2D eigenvalue weighted by atomic mass is 10.1. The number of anilines is 2. The van der Waals surface area contributed by atoms with Crippen LogP contribution in [-0.2, 0) is 43.6 Å². The Balaban J connectivity index is 0.000000182. The highest BCUT2D eigenvalue weighted by Crippen LogP contribution is 2.42. The van der Waals surface area contributed by atoms with Crippen LogP contribution in [0.15, 0.2) is 197 Å². The molecule has 0 atom stereocenters. The fraction of sp³-hybridized carbons (Fsp3) is 0.0877. The summed E-state index contributed by atoms with van der Waals surface area (Å²) < 4.78 is 74.6. The van der Waals surface area contributed by atoms with E-state index in [0.29, 0.717) is 49.7 Å². The second kappa shape index (κ2) is 26.6. The molecule has 84 heavy (non-hydrogen) atoms. The summed E-state index contributed by atoms with van der Waals surface area (Å²) in [7, 11) is -10.3. The minimum absolute atomic E-state index is 0.00461. The van der Waals surface area contributed by atoms with E-state index in [9.17, 15) is 61.2 Å². The first-order valence-electron chi connectivity index (χ1n) is 24.0. The van der Waals surface area contributed by atoms with Crippen LogP contribution in [-0.4, -0.2) is 71.5 Å². The fourth-order valence-corrected chi connectivity index (χ4v) is 9.84. The van der Waals surface area contributed by atoms with Crippen molar-refractivity contribution < 1.29 is 54.7 Å². The van der Waals surface area contributed by atoms with Gasteiger partial charge < -0.3 is 20.6 Å². The van der Waals surface area contributed by atoms with E-state index in [0.717, 1.165) is 36.2 Å². The molecule has 0 unspecified atom stereocenters. The zero-order valence-electron chi connectivity index (χ0n) is 44.6. The molecule has 0 aromatic heterocycles. The number of hydrogen-bond donors (Lipinski definition) is 5. The maximum Gasteiger partial charge on any atom is 0.221 e. The third-order valence-electron chi connectivity index (χ3n) is 11.8. The lowest BCUT2D eigenvalue weighted by molar-refractivity contribution is -0.160. The van der Waals surface area contributed by atoms with Crippen molar-refractivity contribution in [3.63, 3.8) is 0 Å². The van der Waals surface area contributed by atoms with Crippen LogP contribution in [0.2, 0.25) is 0 Å². The predicted octanol–water partition coefficient (Wildman–Crippen LogP) is 13.2. The number of carbonyl (C=O) groups is 1. The molecule has 5 N–H and O–H groups in total. The van der Waals surface area contributed by atoms with Crippen molar-refractivity contribution >= 4 is 125 Å². The quantitative estimate of drug-likeness (QED) is 0.0169. The molecule has 0 spiro atoms. The maximum absolute atomic E-state index is 11.7. The normalized spacial score (nSPS) is 11.6. The Hall–Kier alpha value is -10.2. The van der Waals surface area contributed by atoms with Crippen LogP contribution in [0.3, 0.4) is 0 Å². The van der Waals surface area contributed by atoms with Gasteiger partial charge in [-0.1, -0.05) is 60.7 Å². The van der Waals surface area contributed by atoms with Gasteiger partial charge in [-0.3, -0.25) is 4.79 Å². The number of nitrogens with one attached hydrogen (secondary N) is 2. The molecule has 0 radical (unpaired) electrons. The van der Waals surface area contributed by atoms with Gasteiger partial charge in [-0.2, -0.15) is 15.8 Å². The smallest absolute Gasteiger partial charge is 0.221 e. The predicted molar refractivity (Wildman–Crippen MR) is 316 cm³/mol. The van der Waals surface area contributed by atoms with Gasteiger partial charge in [0.05, 0.1) is 65.2 Å². The Labute approximate surface area is 485 Å². The lowest BCUT2D eigenvalue weighted by Gasteiger charge is -2.10. The van der Waals surface area contributed by atoms with E-state index in [4.69, 9.17) is 9.32 Å². The van der Waals surface area contributed by atoms with Crippen LogP contribution in [0.5, 0.6) is 17.2 Å². The highest BCUT2D eigenvalue weighted by molar-refractivity contribution is 7.93. The van der Waals surface area contributed by atoms with Crippen molar-refractivity contribution in [1.29, 1.82) is 15.8 Å². The molecule has 0 aliphatic rings. The third-order valence-corrected chi connectivity index (χ3v) is 15.3. The van der Waals surface area contributed by atoms with Crippen LogP contribution >= 0.6 is 12.0 Å². The fourth-order valence-electron chi connectivity index (χ4n) is 7.79. The zero-order chi connectivity index (χ0) is 60.9. The number of azo groups is 3. The summed E-state index contributed by atoms with van der Waals surface area (Å²) in [5.74, 6) is -0.314. The molecular formula is C57H45N11O12S4. The molecule has 9 aromatic rings. The Morgan fingerprint density at radius 3 is 1.32 bits per heavy atom. The lowest BCUT2D eigenvalue weighted by Crippen LogP contribution is -2.05. The van der Waals surface area contributed by atoms with Crippen molar-refractivity contribution in [2.75, 3.05) is 35.8 Å². The van der Waals surface area contributed by atoms with Crippen molar-refractivity contribution in [3.8, 4) is 35.5 Å². The van der Waals surface area contributed by atoms with E-state index in [1.54, 1.807) is 79.1 Å². The second-order valence-corrected chi connectivity index (χ2v) is 24.2. The zero-order valence-corrected chi connectivity index (χ0v) is 47.9. The first kappa shape index (κ1) is 61.4. The van der Waals surface area contributed by atoms with Gasteiger partial charge in [-0.15, -0.1) is 40.0 Å². The largest absolute Gasteiger partial charge is 0.507 e. The summed E-state index contributed by atoms with van der Waals surface area (Å²) in [6, 6.07) is 44.8. The van der Waals surface area contributed by atoms with Crippen LogP contribution in [0.25, 0.3) is 32.3 Å². The molecule has 9 aromatic carbocycles. The average molecular weight is 1200 g/mol. The number of hydrogen-bond acceptors (Lipinski definition) is 23. The van der Waals surface area contributed by atoms with Gasteiger partial charge >= 0.3 is 0 Å². The number of nitriles is 3. The standard InChI is InChI=1S/C20H16N4O4S.C19H16N4O5S2.C18H13N3O3S/c1-12(25)22-19-10-18(15-5-3-4-6-16(15)20(19)26)24-23-17-8-7-14(29(2,27)28)9-13(17)11-21;1-29-28-27-23-17-5-3-4-14-16(8-9-18(24)19(14)17)22-21-15-7-6-13(30(2,25)26)10-12(15)11-20;1-25(23,24)13-6-7-16(12(10-13)11-19)20-21-17-8-9-18(22)15-5-3-2-4-14(15)17/h3-10,26H,1-2H3,(H,22,25);3-10,23-24H,1-2H3;2-10,22H,1H3. The van der Waals surface area contributed by atoms with Crippen LogP contribution in [0.1, 0.15) is 23.6 Å². The number of fused-ring (bicyclic) bond motifs is 3. The second-order valence-electron chi connectivity index (χ2n) is 17.7. The van der Waals surface area contributed by atoms with Crippen LogP contribution in [0, 0.1) is 34.0 Å². The summed E-state index contributed by atoms with van der Waals surface area (Å²) in [5, 5.41) is 89.3. The van der Waals surface area contributed by atoms with Crippen molar-refractivity contribution in [1.82, 2.24) is 0 Å². The third kappa shape index (κ3) is 15.0. The number of benzene rings is 9. The van der Waals surface area contributed by atoms with Gasteiger partial charge in [0.1, 0.15) is 52.5 Å². The van der Waals surface area contributed by atoms with E-state index < -0.39 is 29.5 Å².